The van der Waals surface area contributed by atoms with Gasteiger partial charge in [0.05, 0.1) is 11.7 Å². The summed E-state index contributed by atoms with van der Waals surface area (Å²) in [4.78, 5) is 28.3. The third-order valence-corrected chi connectivity index (χ3v) is 5.21. The van der Waals surface area contributed by atoms with Crippen molar-refractivity contribution in [1.29, 1.82) is 0 Å². The van der Waals surface area contributed by atoms with Crippen molar-refractivity contribution in [1.82, 2.24) is 19.9 Å². The number of anilines is 2. The standard InChI is InChI=1S/C24H25N5O/c1-17-8-6-14-25-24(17)28-22-16-20(26-18(2)27-22)21-11-7-15-29(21)23(30)13-12-19-9-4-3-5-10-19/h3-6,8-10,12-14,16,21H,7,11,15H2,1-2H3,(H,25,26,27,28)/b13-12+/t21-/m1/s1. The fourth-order valence-corrected chi connectivity index (χ4v) is 3.73. The largest absolute Gasteiger partial charge is 0.331 e. The van der Waals surface area contributed by atoms with Crippen molar-refractivity contribution < 1.29 is 4.79 Å². The molecule has 1 fully saturated rings. The molecule has 4 rings (SSSR count). The molecule has 0 bridgehead atoms. The lowest BCUT2D eigenvalue weighted by Gasteiger charge is -2.23. The molecule has 0 unspecified atom stereocenters. The Morgan fingerprint density at radius 3 is 2.77 bits per heavy atom. The van der Waals surface area contributed by atoms with Crippen LogP contribution in [0.3, 0.4) is 0 Å². The van der Waals surface area contributed by atoms with Gasteiger partial charge in [0.25, 0.3) is 0 Å². The van der Waals surface area contributed by atoms with E-state index in [1.807, 2.05) is 73.4 Å². The third-order valence-electron chi connectivity index (χ3n) is 5.21. The van der Waals surface area contributed by atoms with Crippen LogP contribution in [0.4, 0.5) is 11.6 Å². The van der Waals surface area contributed by atoms with E-state index in [9.17, 15) is 4.79 Å². The molecule has 152 valence electrons. The van der Waals surface area contributed by atoms with Crippen LogP contribution in [0.1, 0.15) is 41.5 Å². The monoisotopic (exact) mass is 399 g/mol. The summed E-state index contributed by atoms with van der Waals surface area (Å²) in [5.74, 6) is 2.14. The Hall–Kier alpha value is -3.54. The second-order valence-corrected chi connectivity index (χ2v) is 7.45. The van der Waals surface area contributed by atoms with E-state index in [1.54, 1.807) is 12.3 Å². The number of likely N-dealkylation sites (tertiary alicyclic amines) is 1. The van der Waals surface area contributed by atoms with E-state index in [0.29, 0.717) is 11.6 Å². The lowest BCUT2D eigenvalue weighted by molar-refractivity contribution is -0.126. The number of hydrogen-bond acceptors (Lipinski definition) is 5. The number of pyridine rings is 1. The van der Waals surface area contributed by atoms with Gasteiger partial charge in [-0.05, 0) is 50.0 Å². The van der Waals surface area contributed by atoms with Crippen molar-refractivity contribution in [2.24, 2.45) is 0 Å². The summed E-state index contributed by atoms with van der Waals surface area (Å²) in [6.45, 7) is 4.60. The van der Waals surface area contributed by atoms with Crippen molar-refractivity contribution in [2.45, 2.75) is 32.7 Å². The predicted octanol–water partition coefficient (Wildman–Crippen LogP) is 4.61. The SMILES string of the molecule is Cc1nc(Nc2ncccc2C)cc([C@H]2CCCN2C(=O)/C=C/c2ccccc2)n1. The molecule has 0 saturated carbocycles. The van der Waals surface area contributed by atoms with E-state index >= 15 is 0 Å². The Morgan fingerprint density at radius 1 is 1.13 bits per heavy atom. The van der Waals surface area contributed by atoms with Gasteiger partial charge in [-0.1, -0.05) is 36.4 Å². The molecule has 1 aliphatic rings. The first-order valence-corrected chi connectivity index (χ1v) is 10.2. The van der Waals surface area contributed by atoms with Crippen molar-refractivity contribution in [3.63, 3.8) is 0 Å². The number of aryl methyl sites for hydroxylation is 2. The average molecular weight is 399 g/mol. The lowest BCUT2D eigenvalue weighted by atomic mass is 10.1. The van der Waals surface area contributed by atoms with E-state index < -0.39 is 0 Å². The summed E-state index contributed by atoms with van der Waals surface area (Å²) in [7, 11) is 0. The van der Waals surface area contributed by atoms with Crippen LogP contribution in [0.15, 0.2) is 60.8 Å². The Labute approximate surface area is 176 Å². The fraction of sp³-hybridized carbons (Fsp3) is 0.250. The summed E-state index contributed by atoms with van der Waals surface area (Å²) in [6, 6.07) is 15.6. The number of nitrogens with one attached hydrogen (secondary N) is 1. The molecule has 3 aromatic rings. The number of amides is 1. The van der Waals surface area contributed by atoms with Crippen LogP contribution in [-0.4, -0.2) is 32.3 Å². The summed E-state index contributed by atoms with van der Waals surface area (Å²) in [6.07, 6.45) is 7.11. The highest BCUT2D eigenvalue weighted by Gasteiger charge is 2.30. The maximum Gasteiger partial charge on any atom is 0.247 e. The van der Waals surface area contributed by atoms with Crippen LogP contribution in [0.5, 0.6) is 0 Å². The number of rotatable bonds is 5. The van der Waals surface area contributed by atoms with Gasteiger partial charge in [-0.2, -0.15) is 0 Å². The van der Waals surface area contributed by atoms with Gasteiger partial charge in [0.2, 0.25) is 5.91 Å². The molecule has 30 heavy (non-hydrogen) atoms. The highest BCUT2D eigenvalue weighted by molar-refractivity contribution is 5.92. The van der Waals surface area contributed by atoms with Crippen LogP contribution in [0, 0.1) is 13.8 Å². The minimum atomic E-state index is -0.0509. The fourth-order valence-electron chi connectivity index (χ4n) is 3.73. The summed E-state index contributed by atoms with van der Waals surface area (Å²) in [5, 5.41) is 3.29. The third kappa shape index (κ3) is 4.54. The first-order chi connectivity index (χ1) is 14.6. The minimum absolute atomic E-state index is 0.00713. The van der Waals surface area contributed by atoms with E-state index in [1.165, 1.54) is 0 Å². The van der Waals surface area contributed by atoms with E-state index in [2.05, 4.69) is 20.3 Å². The molecular weight excluding hydrogens is 374 g/mol. The highest BCUT2D eigenvalue weighted by atomic mass is 16.2. The van der Waals surface area contributed by atoms with Gasteiger partial charge in [0, 0.05) is 24.9 Å². The molecule has 1 aromatic carbocycles. The molecule has 1 amide bonds. The number of nitrogens with zero attached hydrogens (tertiary/aromatic N) is 4. The van der Waals surface area contributed by atoms with Crippen LogP contribution >= 0.6 is 0 Å². The molecular formula is C24H25N5O. The summed E-state index contributed by atoms with van der Waals surface area (Å²) < 4.78 is 0. The van der Waals surface area contributed by atoms with Crippen molar-refractivity contribution in [2.75, 3.05) is 11.9 Å². The second kappa shape index (κ2) is 8.86. The summed E-state index contributed by atoms with van der Waals surface area (Å²) in [5.41, 5.74) is 2.91. The normalized spacial score (nSPS) is 16.2. The first kappa shape index (κ1) is 19.8. The maximum atomic E-state index is 12.9. The first-order valence-electron chi connectivity index (χ1n) is 10.2. The Bertz CT molecular complexity index is 1060. The molecule has 1 saturated heterocycles. The van der Waals surface area contributed by atoms with Crippen molar-refractivity contribution in [3.8, 4) is 0 Å². The Kier molecular flexibility index (Phi) is 5.84. The molecule has 2 aromatic heterocycles. The minimum Gasteiger partial charge on any atom is -0.331 e. The molecule has 0 spiro atoms. The van der Waals surface area contributed by atoms with E-state index in [4.69, 9.17) is 0 Å². The molecule has 1 aliphatic heterocycles. The van der Waals surface area contributed by atoms with Gasteiger partial charge >= 0.3 is 0 Å². The van der Waals surface area contributed by atoms with E-state index in [0.717, 1.165) is 42.0 Å². The van der Waals surface area contributed by atoms with E-state index in [-0.39, 0.29) is 11.9 Å². The molecule has 6 nitrogen and oxygen atoms in total. The number of carbonyl (C=O) groups is 1. The zero-order valence-corrected chi connectivity index (χ0v) is 17.2. The predicted molar refractivity (Wildman–Crippen MR) is 118 cm³/mol. The highest BCUT2D eigenvalue weighted by Crippen LogP contribution is 2.32. The average Bonchev–Trinajstić information content (AvgIpc) is 3.24. The number of hydrogen-bond donors (Lipinski definition) is 1. The van der Waals surface area contributed by atoms with Crippen molar-refractivity contribution in [3.05, 3.63) is 83.4 Å². The van der Waals surface area contributed by atoms with Gasteiger partial charge in [0.1, 0.15) is 17.5 Å². The Balaban J connectivity index is 1.55. The molecule has 0 radical (unpaired) electrons. The van der Waals surface area contributed by atoms with Crippen LogP contribution in [0.2, 0.25) is 0 Å². The molecule has 3 heterocycles. The zero-order chi connectivity index (χ0) is 20.9. The van der Waals surface area contributed by atoms with Crippen LogP contribution in [-0.2, 0) is 4.79 Å². The van der Waals surface area contributed by atoms with Gasteiger partial charge in [-0.25, -0.2) is 15.0 Å². The lowest BCUT2D eigenvalue weighted by Crippen LogP contribution is -2.29. The zero-order valence-electron chi connectivity index (χ0n) is 17.2. The summed E-state index contributed by atoms with van der Waals surface area (Å²) >= 11 is 0. The maximum absolute atomic E-state index is 12.9. The number of aromatic nitrogens is 3. The molecule has 1 atom stereocenters. The van der Waals surface area contributed by atoms with Gasteiger partial charge in [-0.3, -0.25) is 4.79 Å². The van der Waals surface area contributed by atoms with Gasteiger partial charge in [0.15, 0.2) is 0 Å². The van der Waals surface area contributed by atoms with Crippen LogP contribution in [0.25, 0.3) is 6.08 Å². The van der Waals surface area contributed by atoms with Gasteiger partial charge in [-0.15, -0.1) is 0 Å². The van der Waals surface area contributed by atoms with Gasteiger partial charge < -0.3 is 10.2 Å². The topological polar surface area (TPSA) is 71.0 Å². The molecule has 1 N–H and O–H groups in total. The second-order valence-electron chi connectivity index (χ2n) is 7.45. The Morgan fingerprint density at radius 2 is 1.97 bits per heavy atom. The smallest absolute Gasteiger partial charge is 0.247 e. The molecule has 0 aliphatic carbocycles. The quantitative estimate of drug-likeness (QED) is 0.635. The number of carbonyl (C=O) groups excluding carboxylic acids is 1. The van der Waals surface area contributed by atoms with Crippen molar-refractivity contribution >= 4 is 23.6 Å². The molecule has 6 heteroatoms. The van der Waals surface area contributed by atoms with Crippen LogP contribution < -0.4 is 5.32 Å². The number of benzene rings is 1.